The lowest BCUT2D eigenvalue weighted by Gasteiger charge is -2.50. The molecular weight excluding hydrogens is 893 g/mol. The van der Waals surface area contributed by atoms with Crippen molar-refractivity contribution >= 4 is 58.0 Å². The number of H-pyrrole nitrogens is 2. The number of aryl methyl sites for hydroxylation is 1. The molecule has 11 heteroatoms. The number of aliphatic hydroxyl groups excluding tert-OH is 1. The summed E-state index contributed by atoms with van der Waals surface area (Å²) >= 11 is 0. The van der Waals surface area contributed by atoms with Crippen LogP contribution in [0.4, 0.5) is 5.69 Å². The summed E-state index contributed by atoms with van der Waals surface area (Å²) < 4.78 is 6.13. The van der Waals surface area contributed by atoms with Crippen LogP contribution in [0.15, 0.2) is 140 Å². The first-order valence-electron chi connectivity index (χ1n) is 25.1. The normalized spacial score (nSPS) is 20.6. The zero-order valence-corrected chi connectivity index (χ0v) is 39.8. The van der Waals surface area contributed by atoms with E-state index in [-0.39, 0.29) is 24.0 Å². The lowest BCUT2D eigenvalue weighted by Crippen LogP contribution is -2.43. The van der Waals surface area contributed by atoms with Crippen molar-refractivity contribution in [3.05, 3.63) is 174 Å². The molecule has 1 amide bonds. The zero-order chi connectivity index (χ0) is 48.3. The van der Waals surface area contributed by atoms with Gasteiger partial charge in [0.25, 0.3) is 5.91 Å². The fraction of sp³-hybridized carbons (Fsp3) is 0.213. The predicted molar refractivity (Wildman–Crippen MR) is 285 cm³/mol. The van der Waals surface area contributed by atoms with Crippen molar-refractivity contribution in [2.45, 2.75) is 57.5 Å². The van der Waals surface area contributed by atoms with Gasteiger partial charge in [-0.3, -0.25) is 19.7 Å². The molecule has 11 nitrogen and oxygen atoms in total. The molecule has 0 radical (unpaired) electrons. The maximum Gasteiger partial charge on any atom is 0.262 e. The number of hydrogen-bond acceptors (Lipinski definition) is 8. The molecule has 3 aliphatic carbocycles. The van der Waals surface area contributed by atoms with Gasteiger partial charge in [-0.25, -0.2) is 9.97 Å². The Labute approximate surface area is 416 Å². The summed E-state index contributed by atoms with van der Waals surface area (Å²) in [6.45, 7) is 2.21. The molecule has 354 valence electrons. The Morgan fingerprint density at radius 3 is 1.72 bits per heavy atom. The zero-order valence-electron chi connectivity index (χ0n) is 39.8. The number of nitrogens with one attached hydrogen (secondary N) is 3. The number of pyridine rings is 3. The molecular formula is C61H52N8O3. The molecule has 2 aromatic carbocycles. The van der Waals surface area contributed by atoms with Gasteiger partial charge in [0, 0.05) is 52.0 Å². The molecule has 8 heterocycles. The van der Waals surface area contributed by atoms with Crippen molar-refractivity contribution in [2.75, 3.05) is 11.9 Å². The third-order valence-corrected chi connectivity index (χ3v) is 16.0. The molecule has 5 atom stereocenters. The first kappa shape index (κ1) is 43.7. The number of amides is 1. The number of carbonyl (C=O) groups excluding carboxylic acids is 1. The number of benzene rings is 2. The van der Waals surface area contributed by atoms with Crippen LogP contribution in [0.5, 0.6) is 5.75 Å². The van der Waals surface area contributed by atoms with E-state index in [0.717, 1.165) is 128 Å². The first-order chi connectivity index (χ1) is 35.3. The number of carbonyl (C=O) groups is 1. The van der Waals surface area contributed by atoms with E-state index in [1.165, 1.54) is 11.1 Å². The molecule has 2 fully saturated rings. The Morgan fingerprint density at radius 2 is 1.18 bits per heavy atom. The summed E-state index contributed by atoms with van der Waals surface area (Å²) in [4.78, 5) is 46.1. The molecule has 13 rings (SSSR count). The second-order valence-electron chi connectivity index (χ2n) is 20.0. The average molecular weight is 945 g/mol. The molecule has 4 N–H and O–H groups in total. The summed E-state index contributed by atoms with van der Waals surface area (Å²) in [7, 11) is 0. The van der Waals surface area contributed by atoms with Gasteiger partial charge in [-0.2, -0.15) is 0 Å². The molecule has 0 spiro atoms. The van der Waals surface area contributed by atoms with Gasteiger partial charge in [0.15, 0.2) is 6.61 Å². The number of fused-ring (bicyclic) bond motifs is 13. The fourth-order valence-corrected chi connectivity index (χ4v) is 12.5. The standard InChI is InChI=1S/C61H52N8O3/c1-61-30-29-41-40-18-16-39(34-37(40)13-17-42(41)43(61)19-28-55(61)70)72-35-56(71)65-38-14-11-36(12-15-38)57-47-20-22-49(66-47)58(44-8-2-5-31-62-44)51-24-26-53(68-51)60(46-10-4-7-33-64-46)54-27-25-52(69-54)59(45-9-3-6-32-63-45)50-23-21-48(57)67-50/h2-12,14-16,18,20-27,31-34,41-43,55,66,69-70H,13,17,19,28-30,35H2,1H3,(H,65,71)/t41-,42-,43+,55+,61+/m1/s1. The average Bonchev–Trinajstić information content (AvgIpc) is 4.30. The summed E-state index contributed by atoms with van der Waals surface area (Å²) in [5, 5.41) is 13.9. The van der Waals surface area contributed by atoms with Gasteiger partial charge < -0.3 is 25.1 Å². The van der Waals surface area contributed by atoms with E-state index in [1.54, 1.807) is 18.6 Å². The number of nitrogens with zero attached hydrogens (tertiary/aromatic N) is 5. The number of hydrogen-bond donors (Lipinski definition) is 4. The van der Waals surface area contributed by atoms with Crippen LogP contribution >= 0.6 is 0 Å². The topological polar surface area (TPSA) is 155 Å². The lowest BCUT2D eigenvalue weighted by molar-refractivity contribution is -0.118. The number of rotatable bonds is 8. The van der Waals surface area contributed by atoms with Crippen LogP contribution < -0.4 is 10.1 Å². The third-order valence-electron chi connectivity index (χ3n) is 16.0. The van der Waals surface area contributed by atoms with Crippen molar-refractivity contribution in [3.63, 3.8) is 0 Å². The van der Waals surface area contributed by atoms with Crippen LogP contribution in [0.1, 0.15) is 78.8 Å². The number of aromatic nitrogens is 7. The summed E-state index contributed by atoms with van der Waals surface area (Å²) in [5.74, 6) is 2.21. The lowest BCUT2D eigenvalue weighted by atomic mass is 9.55. The van der Waals surface area contributed by atoms with Gasteiger partial charge in [-0.15, -0.1) is 0 Å². The fourth-order valence-electron chi connectivity index (χ4n) is 12.5. The van der Waals surface area contributed by atoms with Gasteiger partial charge in [-0.1, -0.05) is 43.3 Å². The molecule has 2 aliphatic heterocycles. The van der Waals surface area contributed by atoms with E-state index in [1.807, 2.05) is 109 Å². The van der Waals surface area contributed by atoms with Gasteiger partial charge in [0.1, 0.15) is 5.75 Å². The summed E-state index contributed by atoms with van der Waals surface area (Å²) in [6.07, 6.45) is 19.8. The Kier molecular flexibility index (Phi) is 10.8. The Hall–Kier alpha value is -8.28. The van der Waals surface area contributed by atoms with Crippen LogP contribution in [-0.2, 0) is 11.2 Å². The van der Waals surface area contributed by atoms with Gasteiger partial charge >= 0.3 is 0 Å². The smallest absolute Gasteiger partial charge is 0.262 e. The van der Waals surface area contributed by atoms with E-state index in [2.05, 4.69) is 58.6 Å². The second-order valence-corrected chi connectivity index (χ2v) is 20.0. The quantitative estimate of drug-likeness (QED) is 0.117. The van der Waals surface area contributed by atoms with Gasteiger partial charge in [0.2, 0.25) is 0 Å². The minimum atomic E-state index is -0.239. The predicted octanol–water partition coefficient (Wildman–Crippen LogP) is 12.7. The molecule has 0 saturated heterocycles. The number of ether oxygens (including phenoxy) is 1. The molecule has 5 aliphatic rings. The van der Waals surface area contributed by atoms with E-state index < -0.39 is 0 Å². The molecule has 0 unspecified atom stereocenters. The highest BCUT2D eigenvalue weighted by atomic mass is 16.5. The SMILES string of the molecule is C[C@]12CC[C@@H]3c4ccc(OCC(=O)Nc5ccc(-c6c7nc(c(-c8ccccn8)c8ccc([nH]8)c(-c8ccccn8)c8nc(c(-c9ccccn9)c9ccc6[nH]9)C=C8)C=C7)cc5)cc4CC[C@H]3[C@@H]1CC[C@@H]2O. The van der Waals surface area contributed by atoms with Crippen LogP contribution in [0.3, 0.4) is 0 Å². The van der Waals surface area contributed by atoms with E-state index in [0.29, 0.717) is 29.2 Å². The maximum atomic E-state index is 13.5. The van der Waals surface area contributed by atoms with Crippen molar-refractivity contribution in [1.29, 1.82) is 0 Å². The highest BCUT2D eigenvalue weighted by Gasteiger charge is 2.54. The Morgan fingerprint density at radius 1 is 0.639 bits per heavy atom. The number of aliphatic hydroxyl groups is 1. The van der Waals surface area contributed by atoms with Gasteiger partial charge in [-0.05, 0) is 188 Å². The molecule has 72 heavy (non-hydrogen) atoms. The van der Waals surface area contributed by atoms with E-state index in [4.69, 9.17) is 29.7 Å². The second kappa shape index (κ2) is 17.8. The van der Waals surface area contributed by atoms with Crippen molar-refractivity contribution in [3.8, 4) is 50.6 Å². The molecule has 6 aromatic heterocycles. The van der Waals surface area contributed by atoms with Crippen LogP contribution in [0, 0.1) is 17.3 Å². The van der Waals surface area contributed by atoms with Crippen LogP contribution in [-0.4, -0.2) is 58.6 Å². The van der Waals surface area contributed by atoms with Crippen LogP contribution in [0.2, 0.25) is 0 Å². The van der Waals surface area contributed by atoms with E-state index in [9.17, 15) is 9.90 Å². The van der Waals surface area contributed by atoms with Crippen LogP contribution in [0.25, 0.3) is 91.3 Å². The highest BCUT2D eigenvalue weighted by Crippen LogP contribution is 2.61. The van der Waals surface area contributed by atoms with Crippen molar-refractivity contribution in [2.24, 2.45) is 17.3 Å². The highest BCUT2D eigenvalue weighted by molar-refractivity contribution is 5.99. The molecule has 8 aromatic rings. The largest absolute Gasteiger partial charge is 0.484 e. The van der Waals surface area contributed by atoms with Crippen molar-refractivity contribution < 1.29 is 14.6 Å². The maximum absolute atomic E-state index is 13.5. The number of anilines is 1. The van der Waals surface area contributed by atoms with Gasteiger partial charge in [0.05, 0.1) is 62.5 Å². The minimum Gasteiger partial charge on any atom is -0.484 e. The van der Waals surface area contributed by atoms with Crippen molar-refractivity contribution in [1.82, 2.24) is 34.9 Å². The van der Waals surface area contributed by atoms with E-state index >= 15 is 0 Å². The first-order valence-corrected chi connectivity index (χ1v) is 25.1. The number of aromatic amines is 2. The summed E-state index contributed by atoms with van der Waals surface area (Å²) in [6, 6.07) is 40.2. The monoisotopic (exact) mass is 944 g/mol. The molecule has 2 saturated carbocycles. The Balaban J connectivity index is 0.859. The molecule has 8 bridgehead atoms. The summed E-state index contributed by atoms with van der Waals surface area (Å²) in [5.41, 5.74) is 16.5. The Bertz CT molecular complexity index is 3610. The third kappa shape index (κ3) is 7.72. The minimum absolute atomic E-state index is 0.0554.